The predicted molar refractivity (Wildman–Crippen MR) is 64.4 cm³/mol. The van der Waals surface area contributed by atoms with Gasteiger partial charge in [0, 0.05) is 19.2 Å². The molecule has 0 heterocycles. The van der Waals surface area contributed by atoms with Crippen LogP contribution in [0, 0.1) is 11.3 Å². The van der Waals surface area contributed by atoms with Gasteiger partial charge in [-0.3, -0.25) is 0 Å². The highest BCUT2D eigenvalue weighted by Gasteiger charge is 2.42. The molecular formula is C13H25NO2. The van der Waals surface area contributed by atoms with Gasteiger partial charge in [-0.1, -0.05) is 6.92 Å². The summed E-state index contributed by atoms with van der Waals surface area (Å²) in [6, 6.07) is 0.505. The molecule has 0 radical (unpaired) electrons. The van der Waals surface area contributed by atoms with E-state index < -0.39 is 0 Å². The first-order valence-electron chi connectivity index (χ1n) is 6.59. The number of aliphatic hydroxyl groups excluding tert-OH is 1. The Bertz CT molecular complexity index is 224. The summed E-state index contributed by atoms with van der Waals surface area (Å²) in [6.45, 7) is 6.49. The van der Waals surface area contributed by atoms with Crippen molar-refractivity contribution in [2.45, 2.75) is 51.7 Å². The molecule has 3 heteroatoms. The van der Waals surface area contributed by atoms with Crippen molar-refractivity contribution in [2.75, 3.05) is 19.8 Å². The molecule has 0 saturated heterocycles. The molecule has 0 aromatic carbocycles. The summed E-state index contributed by atoms with van der Waals surface area (Å²) in [7, 11) is 0. The molecule has 0 aliphatic heterocycles. The Kier molecular flexibility index (Phi) is 3.88. The fourth-order valence-electron chi connectivity index (χ4n) is 1.90. The highest BCUT2D eigenvalue weighted by Crippen LogP contribution is 2.47. The van der Waals surface area contributed by atoms with Gasteiger partial charge in [-0.05, 0) is 43.9 Å². The average molecular weight is 227 g/mol. The van der Waals surface area contributed by atoms with Gasteiger partial charge in [0.2, 0.25) is 0 Å². The lowest BCUT2D eigenvalue weighted by atomic mass is 10.0. The monoisotopic (exact) mass is 227 g/mol. The molecule has 0 bridgehead atoms. The number of ether oxygens (including phenoxy) is 1. The van der Waals surface area contributed by atoms with E-state index in [2.05, 4.69) is 19.2 Å². The van der Waals surface area contributed by atoms with Gasteiger partial charge in [-0.15, -0.1) is 0 Å². The van der Waals surface area contributed by atoms with Crippen LogP contribution in [0.2, 0.25) is 0 Å². The van der Waals surface area contributed by atoms with Crippen molar-refractivity contribution in [1.82, 2.24) is 5.32 Å². The van der Waals surface area contributed by atoms with Gasteiger partial charge >= 0.3 is 0 Å². The van der Waals surface area contributed by atoms with E-state index >= 15 is 0 Å². The first-order chi connectivity index (χ1) is 7.60. The maximum absolute atomic E-state index is 9.73. The second-order valence-corrected chi connectivity index (χ2v) is 5.92. The van der Waals surface area contributed by atoms with Crippen molar-refractivity contribution in [3.05, 3.63) is 0 Å². The molecule has 94 valence electrons. The molecular weight excluding hydrogens is 202 g/mol. The second kappa shape index (κ2) is 5.03. The van der Waals surface area contributed by atoms with Crippen LogP contribution in [0.25, 0.3) is 0 Å². The van der Waals surface area contributed by atoms with E-state index in [1.165, 1.54) is 25.7 Å². The first-order valence-corrected chi connectivity index (χ1v) is 6.59. The van der Waals surface area contributed by atoms with Crippen molar-refractivity contribution in [1.29, 1.82) is 0 Å². The third-order valence-corrected chi connectivity index (χ3v) is 4.10. The third-order valence-electron chi connectivity index (χ3n) is 4.10. The summed E-state index contributed by atoms with van der Waals surface area (Å²) in [5, 5.41) is 13.1. The zero-order chi connectivity index (χ0) is 11.6. The number of nitrogens with one attached hydrogen (secondary N) is 1. The van der Waals surface area contributed by atoms with Crippen molar-refractivity contribution in [3.63, 3.8) is 0 Å². The fraction of sp³-hybridized carbons (Fsp3) is 1.00. The molecule has 2 saturated carbocycles. The van der Waals surface area contributed by atoms with E-state index in [1.54, 1.807) is 0 Å². The summed E-state index contributed by atoms with van der Waals surface area (Å²) >= 11 is 0. The smallest absolute Gasteiger partial charge is 0.0897 e. The van der Waals surface area contributed by atoms with Crippen molar-refractivity contribution >= 4 is 0 Å². The molecule has 2 aliphatic carbocycles. The molecule has 16 heavy (non-hydrogen) atoms. The topological polar surface area (TPSA) is 41.5 Å². The van der Waals surface area contributed by atoms with E-state index in [1.807, 2.05) is 0 Å². The molecule has 0 amide bonds. The van der Waals surface area contributed by atoms with E-state index in [0.29, 0.717) is 24.6 Å². The lowest BCUT2D eigenvalue weighted by Gasteiger charge is -2.22. The summed E-state index contributed by atoms with van der Waals surface area (Å²) in [5.41, 5.74) is 0.481. The Morgan fingerprint density at radius 2 is 2.12 bits per heavy atom. The van der Waals surface area contributed by atoms with Gasteiger partial charge in [0.25, 0.3) is 0 Å². The first kappa shape index (κ1) is 12.3. The molecule has 2 rings (SSSR count). The summed E-state index contributed by atoms with van der Waals surface area (Å²) in [6.07, 6.45) is 4.89. The zero-order valence-corrected chi connectivity index (χ0v) is 10.5. The van der Waals surface area contributed by atoms with Gasteiger partial charge in [0.05, 0.1) is 12.7 Å². The predicted octanol–water partition coefficient (Wildman–Crippen LogP) is 1.55. The van der Waals surface area contributed by atoms with E-state index in [-0.39, 0.29) is 6.10 Å². The number of hydrogen-bond donors (Lipinski definition) is 2. The highest BCUT2D eigenvalue weighted by molar-refractivity contribution is 4.96. The second-order valence-electron chi connectivity index (χ2n) is 5.92. The minimum atomic E-state index is -0.358. The molecule has 0 aromatic heterocycles. The van der Waals surface area contributed by atoms with Gasteiger partial charge in [0.15, 0.2) is 0 Å². The van der Waals surface area contributed by atoms with Crippen LogP contribution in [-0.4, -0.2) is 37.0 Å². The third kappa shape index (κ3) is 3.72. The minimum Gasteiger partial charge on any atom is -0.389 e. The molecule has 2 fully saturated rings. The molecule has 2 aliphatic rings. The van der Waals surface area contributed by atoms with Crippen LogP contribution in [0.15, 0.2) is 0 Å². The van der Waals surface area contributed by atoms with E-state index in [4.69, 9.17) is 4.74 Å². The van der Waals surface area contributed by atoms with Gasteiger partial charge < -0.3 is 15.2 Å². The molecule has 2 unspecified atom stereocenters. The largest absolute Gasteiger partial charge is 0.389 e. The molecule has 3 nitrogen and oxygen atoms in total. The molecule has 2 atom stereocenters. The molecule has 0 aromatic rings. The fourth-order valence-corrected chi connectivity index (χ4v) is 1.90. The number of hydrogen-bond acceptors (Lipinski definition) is 3. The maximum Gasteiger partial charge on any atom is 0.0897 e. The minimum absolute atomic E-state index is 0.358. The van der Waals surface area contributed by atoms with Gasteiger partial charge in [0.1, 0.15) is 0 Å². The quantitative estimate of drug-likeness (QED) is 0.661. The van der Waals surface area contributed by atoms with Crippen LogP contribution in [-0.2, 0) is 4.74 Å². The SMILES string of the molecule is CC(NCC(O)COCC1CC1)C1(C)CC1. The van der Waals surface area contributed by atoms with Crippen LogP contribution in [0.5, 0.6) is 0 Å². The van der Waals surface area contributed by atoms with E-state index in [9.17, 15) is 5.11 Å². The Hall–Kier alpha value is -0.120. The molecule has 0 spiro atoms. The van der Waals surface area contributed by atoms with Crippen LogP contribution >= 0.6 is 0 Å². The normalized spacial score (nSPS) is 26.4. The Balaban J connectivity index is 1.50. The van der Waals surface area contributed by atoms with Crippen LogP contribution in [0.4, 0.5) is 0 Å². The van der Waals surface area contributed by atoms with Crippen molar-refractivity contribution in [2.24, 2.45) is 11.3 Å². The maximum atomic E-state index is 9.73. The summed E-state index contributed by atoms with van der Waals surface area (Å²) in [5.74, 6) is 0.782. The summed E-state index contributed by atoms with van der Waals surface area (Å²) in [4.78, 5) is 0. The standard InChI is InChI=1S/C13H25NO2/c1-10(13(2)5-6-13)14-7-12(15)9-16-8-11-3-4-11/h10-12,14-15H,3-9H2,1-2H3. The van der Waals surface area contributed by atoms with Crippen LogP contribution in [0.3, 0.4) is 0 Å². The lowest BCUT2D eigenvalue weighted by Crippen LogP contribution is -2.40. The van der Waals surface area contributed by atoms with E-state index in [0.717, 1.165) is 12.5 Å². The zero-order valence-electron chi connectivity index (χ0n) is 10.5. The van der Waals surface area contributed by atoms with Crippen LogP contribution in [0.1, 0.15) is 39.5 Å². The van der Waals surface area contributed by atoms with Crippen LogP contribution < -0.4 is 5.32 Å². The van der Waals surface area contributed by atoms with Gasteiger partial charge in [-0.25, -0.2) is 0 Å². The molecule has 2 N–H and O–H groups in total. The van der Waals surface area contributed by atoms with Gasteiger partial charge in [-0.2, -0.15) is 0 Å². The Morgan fingerprint density at radius 3 is 2.69 bits per heavy atom. The Labute approximate surface area is 98.6 Å². The lowest BCUT2D eigenvalue weighted by molar-refractivity contribution is 0.0305. The number of rotatable bonds is 8. The Morgan fingerprint density at radius 1 is 1.44 bits per heavy atom. The summed E-state index contributed by atoms with van der Waals surface area (Å²) < 4.78 is 5.46. The van der Waals surface area contributed by atoms with Crippen molar-refractivity contribution < 1.29 is 9.84 Å². The average Bonchev–Trinajstić information content (AvgIpc) is 3.12. The number of aliphatic hydroxyl groups is 1. The van der Waals surface area contributed by atoms with Crippen molar-refractivity contribution in [3.8, 4) is 0 Å². The highest BCUT2D eigenvalue weighted by atomic mass is 16.5.